The molecule has 0 radical (unpaired) electrons. The number of hydrogen-bond donors (Lipinski definition) is 2. The van der Waals surface area contributed by atoms with Crippen molar-refractivity contribution in [3.05, 3.63) is 95.7 Å². The number of nitrogens with zero attached hydrogens (tertiary/aromatic N) is 1. The van der Waals surface area contributed by atoms with Crippen molar-refractivity contribution in [3.8, 4) is 0 Å². The highest BCUT2D eigenvalue weighted by Crippen LogP contribution is 2.24. The van der Waals surface area contributed by atoms with Gasteiger partial charge in [0.25, 0.3) is 5.91 Å². The molecular formula is C27H28FN3O5. The first kappa shape index (κ1) is 25.1. The van der Waals surface area contributed by atoms with Gasteiger partial charge in [0.15, 0.2) is 5.76 Å². The first-order valence-electron chi connectivity index (χ1n) is 11.8. The molecule has 3 aromatic rings. The Bertz CT molecular complexity index is 1150. The van der Waals surface area contributed by atoms with Gasteiger partial charge >= 0.3 is 0 Å². The SMILES string of the molecule is O=C(NCC(=O)N(Cc1ccc(F)cc1)[C@H](C(=O)NC[C@H]1CCCO1)c1ccccc1)c1ccco1. The molecule has 36 heavy (non-hydrogen) atoms. The Balaban J connectivity index is 1.58. The Morgan fingerprint density at radius 3 is 2.44 bits per heavy atom. The number of furan rings is 1. The summed E-state index contributed by atoms with van der Waals surface area (Å²) in [5.74, 6) is -1.74. The summed E-state index contributed by atoms with van der Waals surface area (Å²) >= 11 is 0. The van der Waals surface area contributed by atoms with Crippen LogP contribution >= 0.6 is 0 Å². The summed E-state index contributed by atoms with van der Waals surface area (Å²) in [5, 5.41) is 5.47. The van der Waals surface area contributed by atoms with Crippen molar-refractivity contribution in [1.29, 1.82) is 0 Å². The molecule has 0 aliphatic carbocycles. The number of carbonyl (C=O) groups excluding carboxylic acids is 3. The van der Waals surface area contributed by atoms with Crippen molar-refractivity contribution in [2.75, 3.05) is 19.7 Å². The highest BCUT2D eigenvalue weighted by atomic mass is 19.1. The number of hydrogen-bond acceptors (Lipinski definition) is 5. The Kier molecular flexibility index (Phi) is 8.46. The number of carbonyl (C=O) groups is 3. The van der Waals surface area contributed by atoms with Crippen LogP contribution in [0.3, 0.4) is 0 Å². The molecule has 9 heteroatoms. The fourth-order valence-electron chi connectivity index (χ4n) is 4.09. The maximum absolute atomic E-state index is 13.5. The number of halogens is 1. The largest absolute Gasteiger partial charge is 0.459 e. The second-order valence-corrected chi connectivity index (χ2v) is 8.50. The molecule has 1 fully saturated rings. The van der Waals surface area contributed by atoms with Crippen LogP contribution in [0.2, 0.25) is 0 Å². The fourth-order valence-corrected chi connectivity index (χ4v) is 4.09. The van der Waals surface area contributed by atoms with Crippen molar-refractivity contribution in [3.63, 3.8) is 0 Å². The van der Waals surface area contributed by atoms with E-state index in [4.69, 9.17) is 9.15 Å². The monoisotopic (exact) mass is 493 g/mol. The zero-order valence-corrected chi connectivity index (χ0v) is 19.7. The standard InChI is InChI=1S/C27H28FN3O5/c28-21-12-10-19(11-13-21)18-31(24(32)17-30-26(33)23-9-5-15-36-23)25(20-6-2-1-3-7-20)27(34)29-16-22-8-4-14-35-22/h1-3,5-7,9-13,15,22,25H,4,8,14,16-18H2,(H,29,34)(H,30,33)/t22-,25+/m1/s1. The Morgan fingerprint density at radius 1 is 1.00 bits per heavy atom. The van der Waals surface area contributed by atoms with E-state index in [1.807, 2.05) is 6.07 Å². The van der Waals surface area contributed by atoms with E-state index in [0.717, 1.165) is 12.8 Å². The van der Waals surface area contributed by atoms with Crippen molar-refractivity contribution in [2.24, 2.45) is 0 Å². The predicted molar refractivity (Wildman–Crippen MR) is 129 cm³/mol. The Hall–Kier alpha value is -3.98. The molecular weight excluding hydrogens is 465 g/mol. The summed E-state index contributed by atoms with van der Waals surface area (Å²) in [6, 6.07) is 16.7. The summed E-state index contributed by atoms with van der Waals surface area (Å²) in [5.41, 5.74) is 1.24. The van der Waals surface area contributed by atoms with Crippen LogP contribution in [0.25, 0.3) is 0 Å². The molecule has 3 amide bonds. The van der Waals surface area contributed by atoms with Crippen molar-refractivity contribution in [1.82, 2.24) is 15.5 Å². The van der Waals surface area contributed by atoms with Crippen LogP contribution in [0, 0.1) is 5.82 Å². The quantitative estimate of drug-likeness (QED) is 0.452. The fraction of sp³-hybridized carbons (Fsp3) is 0.296. The van der Waals surface area contributed by atoms with Crippen molar-refractivity contribution in [2.45, 2.75) is 31.5 Å². The van der Waals surface area contributed by atoms with Crippen molar-refractivity contribution < 1.29 is 27.9 Å². The van der Waals surface area contributed by atoms with Crippen LogP contribution in [0.1, 0.15) is 40.6 Å². The topological polar surface area (TPSA) is 101 Å². The molecule has 1 saturated heterocycles. The van der Waals surface area contributed by atoms with Crippen LogP contribution in [0.4, 0.5) is 4.39 Å². The summed E-state index contributed by atoms with van der Waals surface area (Å²) in [7, 11) is 0. The molecule has 2 N–H and O–H groups in total. The lowest BCUT2D eigenvalue weighted by molar-refractivity contribution is -0.141. The minimum Gasteiger partial charge on any atom is -0.459 e. The van der Waals surface area contributed by atoms with Gasteiger partial charge in [0, 0.05) is 19.7 Å². The molecule has 188 valence electrons. The van der Waals surface area contributed by atoms with Crippen LogP contribution in [0.5, 0.6) is 0 Å². The lowest BCUT2D eigenvalue weighted by Crippen LogP contribution is -2.48. The molecule has 0 spiro atoms. The van der Waals surface area contributed by atoms with Gasteiger partial charge in [-0.1, -0.05) is 42.5 Å². The second-order valence-electron chi connectivity index (χ2n) is 8.50. The van der Waals surface area contributed by atoms with E-state index in [2.05, 4.69) is 10.6 Å². The lowest BCUT2D eigenvalue weighted by atomic mass is 10.0. The van der Waals surface area contributed by atoms with Crippen LogP contribution in [0.15, 0.2) is 77.4 Å². The molecule has 0 unspecified atom stereocenters. The summed E-state index contributed by atoms with van der Waals surface area (Å²) in [6.45, 7) is 0.662. The van der Waals surface area contributed by atoms with E-state index in [-0.39, 0.29) is 30.9 Å². The van der Waals surface area contributed by atoms with Gasteiger partial charge in [0.1, 0.15) is 11.9 Å². The first-order valence-corrected chi connectivity index (χ1v) is 11.8. The van der Waals surface area contributed by atoms with Gasteiger partial charge in [0.05, 0.1) is 18.9 Å². The normalized spacial score (nSPS) is 15.8. The minimum atomic E-state index is -0.981. The third-order valence-corrected chi connectivity index (χ3v) is 5.93. The molecule has 1 aromatic heterocycles. The average Bonchev–Trinajstić information content (AvgIpc) is 3.62. The molecule has 2 aromatic carbocycles. The first-order chi connectivity index (χ1) is 17.5. The highest BCUT2D eigenvalue weighted by molar-refractivity contribution is 5.95. The predicted octanol–water partition coefficient (Wildman–Crippen LogP) is 3.21. The molecule has 0 saturated carbocycles. The van der Waals surface area contributed by atoms with E-state index in [0.29, 0.717) is 24.3 Å². The van der Waals surface area contributed by atoms with Gasteiger partial charge in [-0.3, -0.25) is 14.4 Å². The van der Waals surface area contributed by atoms with Crippen LogP contribution in [-0.2, 0) is 20.9 Å². The van der Waals surface area contributed by atoms with Crippen LogP contribution in [-0.4, -0.2) is 48.4 Å². The number of benzene rings is 2. The number of amides is 3. The zero-order valence-electron chi connectivity index (χ0n) is 19.7. The number of ether oxygens (including phenoxy) is 1. The third kappa shape index (κ3) is 6.57. The summed E-state index contributed by atoms with van der Waals surface area (Å²) < 4.78 is 24.2. The Labute approximate surface area is 208 Å². The van der Waals surface area contributed by atoms with Gasteiger partial charge in [0.2, 0.25) is 11.8 Å². The average molecular weight is 494 g/mol. The van der Waals surface area contributed by atoms with E-state index in [1.165, 1.54) is 29.4 Å². The smallest absolute Gasteiger partial charge is 0.287 e. The maximum atomic E-state index is 13.5. The zero-order chi connectivity index (χ0) is 25.3. The Morgan fingerprint density at radius 2 is 1.78 bits per heavy atom. The molecule has 1 aliphatic heterocycles. The van der Waals surface area contributed by atoms with Gasteiger partial charge in [-0.05, 0) is 48.2 Å². The molecule has 2 heterocycles. The van der Waals surface area contributed by atoms with E-state index >= 15 is 0 Å². The summed E-state index contributed by atoms with van der Waals surface area (Å²) in [4.78, 5) is 40.7. The van der Waals surface area contributed by atoms with Gasteiger partial charge in [-0.15, -0.1) is 0 Å². The van der Waals surface area contributed by atoms with E-state index in [9.17, 15) is 18.8 Å². The van der Waals surface area contributed by atoms with Gasteiger partial charge in [-0.25, -0.2) is 4.39 Å². The van der Waals surface area contributed by atoms with Gasteiger partial charge < -0.3 is 24.7 Å². The summed E-state index contributed by atoms with van der Waals surface area (Å²) in [6.07, 6.45) is 3.08. The second kappa shape index (κ2) is 12.1. The molecule has 4 rings (SSSR count). The van der Waals surface area contributed by atoms with E-state index in [1.54, 1.807) is 42.5 Å². The number of nitrogens with one attached hydrogen (secondary N) is 2. The lowest BCUT2D eigenvalue weighted by Gasteiger charge is -2.32. The maximum Gasteiger partial charge on any atom is 0.287 e. The molecule has 1 aliphatic rings. The molecule has 2 atom stereocenters. The van der Waals surface area contributed by atoms with Gasteiger partial charge in [-0.2, -0.15) is 0 Å². The van der Waals surface area contributed by atoms with Crippen molar-refractivity contribution >= 4 is 17.7 Å². The van der Waals surface area contributed by atoms with Crippen LogP contribution < -0.4 is 10.6 Å². The third-order valence-electron chi connectivity index (χ3n) is 5.93. The minimum absolute atomic E-state index is 0.0304. The number of rotatable bonds is 10. The molecule has 8 nitrogen and oxygen atoms in total. The van der Waals surface area contributed by atoms with E-state index < -0.39 is 23.7 Å². The molecule has 0 bridgehead atoms. The highest BCUT2D eigenvalue weighted by Gasteiger charge is 2.32.